The van der Waals surface area contributed by atoms with E-state index in [4.69, 9.17) is 8.92 Å². The molecule has 0 aromatic heterocycles. The van der Waals surface area contributed by atoms with E-state index in [0.29, 0.717) is 12.8 Å². The lowest BCUT2D eigenvalue weighted by molar-refractivity contribution is 0.0171. The zero-order chi connectivity index (χ0) is 13.2. The van der Waals surface area contributed by atoms with Crippen molar-refractivity contribution in [2.75, 3.05) is 13.3 Å². The molecule has 0 unspecified atom stereocenters. The molecule has 6 nitrogen and oxygen atoms in total. The van der Waals surface area contributed by atoms with E-state index < -0.39 is 10.1 Å². The Kier molecular flexibility index (Phi) is 4.37. The summed E-state index contributed by atoms with van der Waals surface area (Å²) in [6.45, 7) is 3.56. The molecule has 1 aliphatic carbocycles. The largest absolute Gasteiger partial charge is 0.447 e. The second kappa shape index (κ2) is 5.22. The molecule has 17 heavy (non-hydrogen) atoms. The number of carbonyl (C=O) groups is 1. The first-order valence-electron chi connectivity index (χ1n) is 5.50. The van der Waals surface area contributed by atoms with E-state index in [0.717, 1.165) is 6.26 Å². The van der Waals surface area contributed by atoms with Crippen LogP contribution in [0.5, 0.6) is 0 Å². The molecule has 1 saturated carbocycles. The van der Waals surface area contributed by atoms with Crippen LogP contribution in [0.1, 0.15) is 26.7 Å². The maximum absolute atomic E-state index is 11.5. The van der Waals surface area contributed by atoms with Gasteiger partial charge in [-0.3, -0.25) is 4.18 Å². The molecule has 1 amide bonds. The van der Waals surface area contributed by atoms with Gasteiger partial charge in [0.2, 0.25) is 0 Å². The van der Waals surface area contributed by atoms with Crippen LogP contribution in [-0.2, 0) is 19.0 Å². The van der Waals surface area contributed by atoms with Crippen molar-refractivity contribution >= 4 is 16.2 Å². The summed E-state index contributed by atoms with van der Waals surface area (Å²) in [7, 11) is -1.76. The molecule has 100 valence electrons. The molecule has 0 aliphatic heterocycles. The summed E-state index contributed by atoms with van der Waals surface area (Å²) in [5.41, 5.74) is 0. The van der Waals surface area contributed by atoms with Gasteiger partial charge in [-0.25, -0.2) is 4.79 Å². The molecule has 1 fully saturated rings. The normalized spacial score (nSPS) is 24.3. The Balaban J connectivity index is 2.35. The van der Waals surface area contributed by atoms with E-state index >= 15 is 0 Å². The number of rotatable bonds is 4. The average Bonchev–Trinajstić information content (AvgIpc) is 2.06. The van der Waals surface area contributed by atoms with Gasteiger partial charge in [-0.1, -0.05) is 0 Å². The number of carbonyl (C=O) groups excluding carboxylic acids is 1. The van der Waals surface area contributed by atoms with Crippen molar-refractivity contribution in [1.82, 2.24) is 4.90 Å². The summed E-state index contributed by atoms with van der Waals surface area (Å²) >= 11 is 0. The van der Waals surface area contributed by atoms with Crippen LogP contribution in [0.25, 0.3) is 0 Å². The second-order valence-corrected chi connectivity index (χ2v) is 6.19. The van der Waals surface area contributed by atoms with Crippen LogP contribution in [0.2, 0.25) is 0 Å². The van der Waals surface area contributed by atoms with Crippen molar-refractivity contribution in [1.29, 1.82) is 0 Å². The van der Waals surface area contributed by atoms with Crippen LogP contribution in [0.15, 0.2) is 0 Å². The van der Waals surface area contributed by atoms with E-state index in [2.05, 4.69) is 0 Å². The van der Waals surface area contributed by atoms with Gasteiger partial charge in [0.15, 0.2) is 0 Å². The van der Waals surface area contributed by atoms with Gasteiger partial charge >= 0.3 is 6.09 Å². The molecule has 0 N–H and O–H groups in total. The Bertz CT molecular complexity index is 372. The summed E-state index contributed by atoms with van der Waals surface area (Å²) in [4.78, 5) is 13.0. The lowest BCUT2D eigenvalue weighted by atomic mass is 9.89. The molecule has 0 radical (unpaired) electrons. The molecular formula is C10H19NO5S. The molecule has 1 rings (SSSR count). The fourth-order valence-corrected chi connectivity index (χ4v) is 2.27. The fraction of sp³-hybridized carbons (Fsp3) is 0.900. The van der Waals surface area contributed by atoms with Gasteiger partial charge in [0.05, 0.1) is 18.5 Å². The van der Waals surface area contributed by atoms with Crippen LogP contribution in [0.4, 0.5) is 4.79 Å². The van der Waals surface area contributed by atoms with Crippen LogP contribution < -0.4 is 0 Å². The molecule has 0 aromatic carbocycles. The van der Waals surface area contributed by atoms with Gasteiger partial charge in [0.25, 0.3) is 10.1 Å². The lowest BCUT2D eigenvalue weighted by Gasteiger charge is -2.39. The smallest absolute Gasteiger partial charge is 0.410 e. The Morgan fingerprint density at radius 2 is 1.88 bits per heavy atom. The van der Waals surface area contributed by atoms with E-state index in [-0.39, 0.29) is 24.3 Å². The zero-order valence-electron chi connectivity index (χ0n) is 10.5. The van der Waals surface area contributed by atoms with Crippen LogP contribution in [0.3, 0.4) is 0 Å². The third kappa shape index (κ3) is 4.51. The van der Waals surface area contributed by atoms with Crippen molar-refractivity contribution in [3.05, 3.63) is 0 Å². The molecule has 0 saturated heterocycles. The summed E-state index contributed by atoms with van der Waals surface area (Å²) in [5, 5.41) is 0. The first kappa shape index (κ1) is 14.2. The first-order valence-corrected chi connectivity index (χ1v) is 7.32. The minimum Gasteiger partial charge on any atom is -0.447 e. The van der Waals surface area contributed by atoms with E-state index in [1.807, 2.05) is 0 Å². The van der Waals surface area contributed by atoms with Gasteiger partial charge in [-0.2, -0.15) is 8.42 Å². The highest BCUT2D eigenvalue weighted by Crippen LogP contribution is 2.29. The third-order valence-corrected chi connectivity index (χ3v) is 3.17. The van der Waals surface area contributed by atoms with Gasteiger partial charge < -0.3 is 9.64 Å². The van der Waals surface area contributed by atoms with Crippen molar-refractivity contribution in [3.8, 4) is 0 Å². The van der Waals surface area contributed by atoms with Gasteiger partial charge in [-0.05, 0) is 26.7 Å². The topological polar surface area (TPSA) is 72.9 Å². The molecule has 1 aliphatic rings. The van der Waals surface area contributed by atoms with Crippen molar-refractivity contribution in [3.63, 3.8) is 0 Å². The summed E-state index contributed by atoms with van der Waals surface area (Å²) in [6, 6.07) is -0.00648. The van der Waals surface area contributed by atoms with E-state index in [1.165, 1.54) is 4.90 Å². The summed E-state index contributed by atoms with van der Waals surface area (Å²) < 4.78 is 31.6. The molecule has 7 heteroatoms. The predicted molar refractivity (Wildman–Crippen MR) is 62.1 cm³/mol. The minimum atomic E-state index is -3.41. The monoisotopic (exact) mass is 265 g/mol. The quantitative estimate of drug-likeness (QED) is 0.708. The maximum atomic E-state index is 11.5. The van der Waals surface area contributed by atoms with Gasteiger partial charge in [0, 0.05) is 13.1 Å². The number of hydrogen-bond donors (Lipinski definition) is 0. The van der Waals surface area contributed by atoms with Crippen LogP contribution in [-0.4, -0.2) is 51.0 Å². The highest BCUT2D eigenvalue weighted by atomic mass is 32.2. The number of nitrogens with zero attached hydrogens (tertiary/aromatic N) is 1. The number of amides is 1. The Morgan fingerprint density at radius 1 is 1.35 bits per heavy atom. The molecule has 0 atom stereocenters. The highest BCUT2D eigenvalue weighted by Gasteiger charge is 2.37. The van der Waals surface area contributed by atoms with Crippen molar-refractivity contribution < 1.29 is 22.1 Å². The van der Waals surface area contributed by atoms with E-state index in [9.17, 15) is 13.2 Å². The molecule has 0 bridgehead atoms. The molecule has 0 aromatic rings. The second-order valence-electron chi connectivity index (χ2n) is 4.59. The minimum absolute atomic E-state index is 0.00648. The average molecular weight is 265 g/mol. The van der Waals surface area contributed by atoms with Crippen molar-refractivity contribution in [2.45, 2.75) is 44.9 Å². The van der Waals surface area contributed by atoms with Gasteiger partial charge in [0.1, 0.15) is 0 Å². The number of hydrogen-bond acceptors (Lipinski definition) is 5. The predicted octanol–water partition coefficient (Wildman–Crippen LogP) is 0.970. The summed E-state index contributed by atoms with van der Waals surface area (Å²) in [5.74, 6) is 0. The van der Waals surface area contributed by atoms with Crippen LogP contribution >= 0.6 is 0 Å². The maximum Gasteiger partial charge on any atom is 0.410 e. The SMILES string of the molecule is CC(C)OC(=O)N(C)C1CC(OS(C)(=O)=O)C1. The Morgan fingerprint density at radius 3 is 2.29 bits per heavy atom. The highest BCUT2D eigenvalue weighted by molar-refractivity contribution is 7.86. The Labute approximate surface area is 102 Å². The standard InChI is InChI=1S/C10H19NO5S/c1-7(2)15-10(12)11(3)8-5-9(6-8)16-17(4,13)14/h7-9H,5-6H2,1-4H3. The third-order valence-electron chi connectivity index (χ3n) is 2.55. The first-order chi connectivity index (χ1) is 7.69. The van der Waals surface area contributed by atoms with Gasteiger partial charge in [-0.15, -0.1) is 0 Å². The molecule has 0 spiro atoms. The Hall–Kier alpha value is -0.820. The fourth-order valence-electron chi connectivity index (χ4n) is 1.61. The summed E-state index contributed by atoms with van der Waals surface area (Å²) in [6.07, 6.45) is 1.21. The lowest BCUT2D eigenvalue weighted by Crippen LogP contribution is -2.49. The number of ether oxygens (including phenoxy) is 1. The zero-order valence-corrected chi connectivity index (χ0v) is 11.4. The molecule has 0 heterocycles. The van der Waals surface area contributed by atoms with Crippen LogP contribution in [0, 0.1) is 0 Å². The van der Waals surface area contributed by atoms with E-state index in [1.54, 1.807) is 20.9 Å². The van der Waals surface area contributed by atoms with Crippen molar-refractivity contribution in [2.24, 2.45) is 0 Å². The molecular weight excluding hydrogens is 246 g/mol.